The van der Waals surface area contributed by atoms with Gasteiger partial charge < -0.3 is 280 Å². The number of ether oxygens (including phenoxy) is 21. The van der Waals surface area contributed by atoms with Crippen LogP contribution in [0.15, 0.2) is 0 Å². The van der Waals surface area contributed by atoms with Crippen LogP contribution in [0.1, 0.15) is 40.5 Å². The average Bonchev–Trinajstić information content (AvgIpc) is 0.927. The van der Waals surface area contributed by atoms with Crippen molar-refractivity contribution in [1.82, 2.24) is 5.32 Å². The van der Waals surface area contributed by atoms with Gasteiger partial charge >= 0.3 is 11.9 Å². The Bertz CT molecular complexity index is 3770. The van der Waals surface area contributed by atoms with Gasteiger partial charge in [-0.15, -0.1) is 0 Å². The third-order valence-electron chi connectivity index (χ3n) is 26.9. The van der Waals surface area contributed by atoms with Gasteiger partial charge in [-0.2, -0.15) is 0 Å². The molecule has 0 spiro atoms. The van der Waals surface area contributed by atoms with Crippen LogP contribution in [0, 0.1) is 23.7 Å². The molecule has 11 rings (SSSR count). The van der Waals surface area contributed by atoms with E-state index in [2.05, 4.69) is 21.2 Å². The summed E-state index contributed by atoms with van der Waals surface area (Å²) >= 11 is 3.03. The summed E-state index contributed by atoms with van der Waals surface area (Å²) in [5.41, 5.74) is 11.9. The number of hydrogen-bond acceptors (Lipinski definition) is 56. The molecule has 0 saturated carbocycles. The van der Waals surface area contributed by atoms with E-state index in [-0.39, 0.29) is 5.33 Å². The number of alkyl halides is 1. The van der Waals surface area contributed by atoms with Crippen molar-refractivity contribution >= 4 is 33.8 Å². The highest BCUT2D eigenvalue weighted by Gasteiger charge is 2.64. The number of carbonyl (C=O) groups excluding carboxylic acids is 1. The maximum absolute atomic E-state index is 12.9. The van der Waals surface area contributed by atoms with Crippen LogP contribution < -0.4 is 16.8 Å². The van der Waals surface area contributed by atoms with Crippen molar-refractivity contribution in [2.75, 3.05) is 78.0 Å². The third kappa shape index (κ3) is 24.3. The first-order valence-corrected chi connectivity index (χ1v) is 45.6. The van der Waals surface area contributed by atoms with Crippen LogP contribution in [-0.4, -0.2) is 584 Å². The van der Waals surface area contributed by atoms with Crippen molar-refractivity contribution in [3.63, 3.8) is 0 Å². The number of carboxylic acid groups (broad SMARTS) is 2. The molecule has 60 heteroatoms. The van der Waals surface area contributed by atoms with Crippen LogP contribution >= 0.6 is 15.9 Å². The number of rotatable bonds is 39. The molecule has 1 amide bonds. The molecule has 0 aromatic heterocycles. The minimum Gasteiger partial charge on any atom is -0.477 e. The lowest BCUT2D eigenvalue weighted by atomic mass is 9.89. The smallest absolute Gasteiger partial charge is 0.364 e. The van der Waals surface area contributed by atoms with Crippen molar-refractivity contribution in [3.05, 3.63) is 0 Å². The molecule has 0 aliphatic carbocycles. The SMILES string of the molecule is CC1C(O)[C@H](O[C@@H]2OC(CO[C@]3(C(=O)O)C[C@@H](O)[C@@H](N)C([C@H](O)[C@H](O)CO)O3)[C@H](O)C(O)[C@@H]2O)[C@H](CO)O[C@H]1O[C@@H]1C(O)[C@H](O)C(CO)O[C@@H]1OCC1O[C@@H](O[C@@H]2C(CO)O[C@@H](O[C@@H]3C(CO)O[C@@H](NC(=O)CBr)[C@@H](C)C3O)[C@@H](C)C2O)[C@H](O)C(O[C@H]2O[C@H](CO)[C@@H](O)C(O)C2O[C@@H]2OC(CO)[C@@H](O[C@@H]3OC(CO[C@]4(C(=O)O)C[C@@H](O)[C@@H](N)C([C@H](O)[C@H](O)CO)O4)[C@H](O)C(O)[C@@H]3O)C(O)[C@@H]2C)[C@@H]1O. The number of amides is 1. The number of aliphatic hydroxyl groups excluding tert-OH is 30. The van der Waals surface area contributed by atoms with Gasteiger partial charge in [-0.1, -0.05) is 43.6 Å². The van der Waals surface area contributed by atoms with Crippen molar-refractivity contribution in [2.45, 2.75) is 365 Å². The molecule has 11 heterocycles. The van der Waals surface area contributed by atoms with E-state index in [9.17, 15) is 178 Å². The van der Waals surface area contributed by atoms with Gasteiger partial charge in [0.05, 0.1) is 127 Å². The molecule has 802 valence electrons. The van der Waals surface area contributed by atoms with E-state index in [1.807, 2.05) is 0 Å². The molecule has 0 radical (unpaired) electrons. The normalized spacial score (nSPS) is 49.8. The first kappa shape index (κ1) is 115. The van der Waals surface area contributed by atoms with Gasteiger partial charge in [-0.05, 0) is 0 Å². The van der Waals surface area contributed by atoms with Crippen LogP contribution in [0.2, 0.25) is 0 Å². The molecule has 138 heavy (non-hydrogen) atoms. The topological polar surface area (TPSA) is 956 Å². The van der Waals surface area contributed by atoms with E-state index in [1.54, 1.807) is 0 Å². The van der Waals surface area contributed by atoms with E-state index >= 15 is 0 Å². The largest absolute Gasteiger partial charge is 0.477 e. The van der Waals surface area contributed by atoms with E-state index < -0.39 is 451 Å². The van der Waals surface area contributed by atoms with Gasteiger partial charge in [0, 0.05) is 36.5 Å². The molecule has 20 unspecified atom stereocenters. The predicted molar refractivity (Wildman–Crippen MR) is 433 cm³/mol. The van der Waals surface area contributed by atoms with Crippen molar-refractivity contribution in [1.29, 1.82) is 0 Å². The van der Waals surface area contributed by atoms with Gasteiger partial charge in [-0.3, -0.25) is 4.79 Å². The summed E-state index contributed by atoms with van der Waals surface area (Å²) in [6.45, 7) is -6.84. The average molecular weight is 2090 g/mol. The molecule has 57 atom stereocenters. The Morgan fingerprint density at radius 2 is 0.638 bits per heavy atom. The van der Waals surface area contributed by atoms with Gasteiger partial charge in [0.2, 0.25) is 5.91 Å². The second-order valence-electron chi connectivity index (χ2n) is 36.1. The number of carboxylic acids is 2. The first-order chi connectivity index (χ1) is 65.1. The summed E-state index contributed by atoms with van der Waals surface area (Å²) in [5, 5.41) is 358. The van der Waals surface area contributed by atoms with E-state index in [0.717, 1.165) is 0 Å². The van der Waals surface area contributed by atoms with Gasteiger partial charge in [0.1, 0.15) is 214 Å². The molecule has 59 nitrogen and oxygen atoms in total. The summed E-state index contributed by atoms with van der Waals surface area (Å²) in [6.07, 6.45) is -101. The number of halogens is 1. The van der Waals surface area contributed by atoms with Gasteiger partial charge in [0.25, 0.3) is 11.6 Å². The van der Waals surface area contributed by atoms with Gasteiger partial charge in [0.15, 0.2) is 50.3 Å². The fraction of sp³-hybridized carbons (Fsp3) is 0.962. The fourth-order valence-corrected chi connectivity index (χ4v) is 18.3. The van der Waals surface area contributed by atoms with Crippen molar-refractivity contribution in [3.8, 4) is 0 Å². The van der Waals surface area contributed by atoms with E-state index in [1.165, 1.54) is 27.7 Å². The van der Waals surface area contributed by atoms with Crippen LogP contribution in [0.25, 0.3) is 0 Å². The summed E-state index contributed by atoms with van der Waals surface area (Å²) in [4.78, 5) is 38.1. The molecular weight excluding hydrogens is 1950 g/mol. The zero-order valence-electron chi connectivity index (χ0n) is 74.3. The number of hydrogen-bond donors (Lipinski definition) is 35. The molecule has 0 aromatic rings. The van der Waals surface area contributed by atoms with Crippen LogP contribution in [-0.2, 0) is 114 Å². The Balaban J connectivity index is 0.836. The maximum atomic E-state index is 12.9. The Morgan fingerprint density at radius 1 is 0.341 bits per heavy atom. The minimum atomic E-state index is -2.98. The number of nitrogens with two attached hydrogens (primary N) is 2. The summed E-state index contributed by atoms with van der Waals surface area (Å²) in [7, 11) is 0. The highest BCUT2D eigenvalue weighted by molar-refractivity contribution is 9.09. The Hall–Kier alpha value is -3.23. The number of nitrogens with one attached hydrogen (secondary N) is 1. The minimum absolute atomic E-state index is 0.173. The first-order valence-electron chi connectivity index (χ1n) is 44.5. The van der Waals surface area contributed by atoms with Crippen LogP contribution in [0.4, 0.5) is 0 Å². The molecule has 11 fully saturated rings. The number of aliphatic carboxylic acids is 2. The lowest BCUT2D eigenvalue weighted by Crippen LogP contribution is -2.68. The highest BCUT2D eigenvalue weighted by atomic mass is 79.9. The van der Waals surface area contributed by atoms with Crippen LogP contribution in [0.5, 0.6) is 0 Å². The molecule has 11 aliphatic rings. The number of aliphatic hydroxyl groups is 30. The standard InChI is InChI=1S/C78H132BrN3O56/c1-19-39(96)57(29(12-87)121-66(19)82-36(95)7-79)130-67-20(2)40(97)60(32(15-90)124-67)133-72-56(113)63(134-74-65(53(110)46(103)28(11-86)123-74)136-69-22(4)42(99)59(31(14-89)126-69)132-71-55(112)51(108)48(105)35(129-71)18-120-78(76(116)117)6-24(92)38(81)62(138-78)44(101)26(94)9-84)49(106)33(127-72)16-118-73-64(52(109)45(102)27(10-85)122-73)135-68-21(3)41(98)58(30(13-88)125-68)131-70-54(111)50(107)47(104)34(128-70)17-119-77(75(114)115)5-23(91)37(80)61(137-77)43(100)25(93)8-83/h19-35,37-74,83-94,96-113H,5-18,80-81H2,1-4H3,(H,82,95)(H,114,115)(H,116,117)/t19-,20-,21?,22-,23+,24+,25+,26+,27?,28+,29?,30-,31?,32?,33?,34?,35?,37+,38+,39?,40?,41?,42?,43+,44+,45+,46+,47-,48-,49+,50?,51?,52?,53?,54-,55-,56+,57+,58+,59+,60+,61?,62?,63?,64+,65?,66+,67-,68-,69-,70-,71-,72-,73-,74+,77+,78+/m0/s1. The summed E-state index contributed by atoms with van der Waals surface area (Å²) in [6, 6.07) is -3.19. The lowest BCUT2D eigenvalue weighted by molar-refractivity contribution is -0.402. The molecule has 0 aromatic carbocycles. The van der Waals surface area contributed by atoms with Gasteiger partial charge in [-0.25, -0.2) is 9.59 Å². The third-order valence-corrected chi connectivity index (χ3v) is 27.4. The molecule has 11 aliphatic heterocycles. The molecular formula is C78H132BrN3O56. The Labute approximate surface area is 791 Å². The zero-order chi connectivity index (χ0) is 102. The zero-order valence-corrected chi connectivity index (χ0v) is 75.9. The lowest BCUT2D eigenvalue weighted by Gasteiger charge is -2.51. The van der Waals surface area contributed by atoms with Crippen molar-refractivity contribution in [2.24, 2.45) is 35.1 Å². The van der Waals surface area contributed by atoms with E-state index in [4.69, 9.17) is 111 Å². The predicted octanol–water partition coefficient (Wildman–Crippen LogP) is -21.0. The number of carbonyl (C=O) groups is 3. The van der Waals surface area contributed by atoms with Crippen LogP contribution in [0.3, 0.4) is 0 Å². The quantitative estimate of drug-likeness (QED) is 0.0254. The summed E-state index contributed by atoms with van der Waals surface area (Å²) in [5.74, 6) is -15.7. The summed E-state index contributed by atoms with van der Waals surface area (Å²) < 4.78 is 125. The Morgan fingerprint density at radius 3 is 0.993 bits per heavy atom. The molecule has 11 saturated heterocycles. The molecule has 37 N–H and O–H groups in total. The Kier molecular flexibility index (Phi) is 41.1. The highest BCUT2D eigenvalue weighted by Crippen LogP contribution is 2.45. The maximum Gasteiger partial charge on any atom is 0.364 e. The molecule has 0 bridgehead atoms. The van der Waals surface area contributed by atoms with E-state index in [0.29, 0.717) is 0 Å². The van der Waals surface area contributed by atoms with Crippen molar-refractivity contribution < 1.29 is 277 Å². The monoisotopic (exact) mass is 2090 g/mol. The fourth-order valence-electron chi connectivity index (χ4n) is 18.1. The second-order valence-corrected chi connectivity index (χ2v) is 36.7. The second kappa shape index (κ2) is 49.3.